The monoisotopic (exact) mass is 197 g/mol. The topological polar surface area (TPSA) is 21.3 Å². The quantitative estimate of drug-likeness (QED) is 0.539. The van der Waals surface area contributed by atoms with Gasteiger partial charge in [-0.1, -0.05) is 26.0 Å². The molecule has 0 amide bonds. The first-order chi connectivity index (χ1) is 6.68. The van der Waals surface area contributed by atoms with Crippen LogP contribution in [0.1, 0.15) is 33.6 Å². The van der Waals surface area contributed by atoms with Gasteiger partial charge in [-0.15, -0.1) is 0 Å². The molecule has 0 aromatic rings. The molecular formula is C12H23NO. The van der Waals surface area contributed by atoms with Crippen LogP contribution in [0.2, 0.25) is 0 Å². The fourth-order valence-electron chi connectivity index (χ4n) is 1.65. The first-order valence-corrected chi connectivity index (χ1v) is 5.71. The Labute approximate surface area is 87.7 Å². The SMILES string of the molecule is CC(C)CNC/C=C/C1CCC(C)O1. The number of ether oxygens (including phenoxy) is 1. The maximum absolute atomic E-state index is 5.67. The molecule has 1 fully saturated rings. The Balaban J connectivity index is 2.03. The van der Waals surface area contributed by atoms with Gasteiger partial charge < -0.3 is 10.1 Å². The third kappa shape index (κ3) is 4.77. The van der Waals surface area contributed by atoms with E-state index in [2.05, 4.69) is 38.2 Å². The van der Waals surface area contributed by atoms with Crippen LogP contribution in [0.25, 0.3) is 0 Å². The van der Waals surface area contributed by atoms with Crippen LogP contribution in [0.4, 0.5) is 0 Å². The van der Waals surface area contributed by atoms with Gasteiger partial charge in [0.1, 0.15) is 0 Å². The molecule has 1 heterocycles. The van der Waals surface area contributed by atoms with Crippen molar-refractivity contribution >= 4 is 0 Å². The molecule has 2 heteroatoms. The summed E-state index contributed by atoms with van der Waals surface area (Å²) in [6, 6.07) is 0. The molecule has 0 spiro atoms. The van der Waals surface area contributed by atoms with Crippen LogP contribution in [0.15, 0.2) is 12.2 Å². The molecule has 14 heavy (non-hydrogen) atoms. The van der Waals surface area contributed by atoms with Gasteiger partial charge in [-0.05, 0) is 32.2 Å². The second kappa shape index (κ2) is 6.20. The molecule has 2 atom stereocenters. The van der Waals surface area contributed by atoms with E-state index in [1.54, 1.807) is 0 Å². The summed E-state index contributed by atoms with van der Waals surface area (Å²) in [6.45, 7) is 8.64. The van der Waals surface area contributed by atoms with Crippen molar-refractivity contribution in [2.24, 2.45) is 5.92 Å². The van der Waals surface area contributed by atoms with Crippen molar-refractivity contribution in [1.29, 1.82) is 0 Å². The highest BCUT2D eigenvalue weighted by Gasteiger charge is 2.18. The molecule has 2 unspecified atom stereocenters. The lowest BCUT2D eigenvalue weighted by molar-refractivity contribution is 0.0832. The highest BCUT2D eigenvalue weighted by molar-refractivity contribution is 4.93. The number of hydrogen-bond acceptors (Lipinski definition) is 2. The lowest BCUT2D eigenvalue weighted by Gasteiger charge is -2.06. The third-order valence-corrected chi connectivity index (χ3v) is 2.43. The second-order valence-electron chi connectivity index (χ2n) is 4.54. The largest absolute Gasteiger partial charge is 0.371 e. The van der Waals surface area contributed by atoms with E-state index < -0.39 is 0 Å². The van der Waals surface area contributed by atoms with Crippen molar-refractivity contribution in [3.05, 3.63) is 12.2 Å². The molecule has 0 aliphatic carbocycles. The lowest BCUT2D eigenvalue weighted by Crippen LogP contribution is -2.19. The number of nitrogens with one attached hydrogen (secondary N) is 1. The minimum Gasteiger partial charge on any atom is -0.371 e. The Morgan fingerprint density at radius 2 is 2.21 bits per heavy atom. The van der Waals surface area contributed by atoms with Gasteiger partial charge in [0.25, 0.3) is 0 Å². The van der Waals surface area contributed by atoms with Crippen molar-refractivity contribution in [3.8, 4) is 0 Å². The minimum atomic E-state index is 0.367. The minimum absolute atomic E-state index is 0.367. The van der Waals surface area contributed by atoms with Gasteiger partial charge in [0.15, 0.2) is 0 Å². The van der Waals surface area contributed by atoms with Gasteiger partial charge in [-0.3, -0.25) is 0 Å². The van der Waals surface area contributed by atoms with Gasteiger partial charge in [0, 0.05) is 6.54 Å². The Morgan fingerprint density at radius 3 is 2.79 bits per heavy atom. The smallest absolute Gasteiger partial charge is 0.0760 e. The van der Waals surface area contributed by atoms with Crippen molar-refractivity contribution in [2.45, 2.75) is 45.8 Å². The van der Waals surface area contributed by atoms with Gasteiger partial charge in [0.2, 0.25) is 0 Å². The summed E-state index contributed by atoms with van der Waals surface area (Å²) in [7, 11) is 0. The lowest BCUT2D eigenvalue weighted by atomic mass is 10.2. The van der Waals surface area contributed by atoms with Gasteiger partial charge >= 0.3 is 0 Å². The second-order valence-corrected chi connectivity index (χ2v) is 4.54. The summed E-state index contributed by atoms with van der Waals surface area (Å²) in [5.41, 5.74) is 0. The molecule has 2 nitrogen and oxygen atoms in total. The van der Waals surface area contributed by atoms with Crippen LogP contribution >= 0.6 is 0 Å². The summed E-state index contributed by atoms with van der Waals surface area (Å²) < 4.78 is 5.67. The Hall–Kier alpha value is -0.340. The maximum Gasteiger partial charge on any atom is 0.0760 e. The summed E-state index contributed by atoms with van der Waals surface area (Å²) >= 11 is 0. The molecule has 1 N–H and O–H groups in total. The van der Waals surface area contributed by atoms with Crippen molar-refractivity contribution in [3.63, 3.8) is 0 Å². The summed E-state index contributed by atoms with van der Waals surface area (Å²) in [5.74, 6) is 0.728. The molecule has 0 saturated carbocycles. The molecule has 1 rings (SSSR count). The van der Waals surface area contributed by atoms with E-state index in [4.69, 9.17) is 4.74 Å². The normalized spacial score (nSPS) is 28.0. The van der Waals surface area contributed by atoms with E-state index in [9.17, 15) is 0 Å². The molecule has 1 saturated heterocycles. The standard InChI is InChI=1S/C12H23NO/c1-10(2)9-13-8-4-5-12-7-6-11(3)14-12/h4-5,10-13H,6-9H2,1-3H3/b5-4+. The molecular weight excluding hydrogens is 174 g/mol. The molecule has 1 aliphatic rings. The van der Waals surface area contributed by atoms with Gasteiger partial charge in [-0.25, -0.2) is 0 Å². The van der Waals surface area contributed by atoms with Crippen LogP contribution in [-0.2, 0) is 4.74 Å². The summed E-state index contributed by atoms with van der Waals surface area (Å²) in [6.07, 6.45) is 7.58. The van der Waals surface area contributed by atoms with Crippen LogP contribution in [0.3, 0.4) is 0 Å². The Bertz CT molecular complexity index is 177. The average molecular weight is 197 g/mol. The van der Waals surface area contributed by atoms with Gasteiger partial charge in [0.05, 0.1) is 12.2 Å². The maximum atomic E-state index is 5.67. The molecule has 0 radical (unpaired) electrons. The fraction of sp³-hybridized carbons (Fsp3) is 0.833. The molecule has 0 aromatic carbocycles. The fourth-order valence-corrected chi connectivity index (χ4v) is 1.65. The summed E-state index contributed by atoms with van der Waals surface area (Å²) in [5, 5.41) is 3.38. The van der Waals surface area contributed by atoms with Crippen LogP contribution < -0.4 is 5.32 Å². The Kier molecular flexibility index (Phi) is 5.20. The van der Waals surface area contributed by atoms with Crippen LogP contribution in [0, 0.1) is 5.92 Å². The first-order valence-electron chi connectivity index (χ1n) is 5.71. The van der Waals surface area contributed by atoms with E-state index in [0.29, 0.717) is 12.2 Å². The van der Waals surface area contributed by atoms with Crippen molar-refractivity contribution in [1.82, 2.24) is 5.32 Å². The zero-order chi connectivity index (χ0) is 10.4. The summed E-state index contributed by atoms with van der Waals surface area (Å²) in [4.78, 5) is 0. The van der Waals surface area contributed by atoms with E-state index in [1.165, 1.54) is 12.8 Å². The zero-order valence-electron chi connectivity index (χ0n) is 9.62. The van der Waals surface area contributed by atoms with Crippen molar-refractivity contribution < 1.29 is 4.74 Å². The molecule has 82 valence electrons. The van der Waals surface area contributed by atoms with Crippen molar-refractivity contribution in [2.75, 3.05) is 13.1 Å². The zero-order valence-corrected chi connectivity index (χ0v) is 9.62. The number of rotatable bonds is 5. The molecule has 0 bridgehead atoms. The predicted molar refractivity (Wildman–Crippen MR) is 60.4 cm³/mol. The van der Waals surface area contributed by atoms with E-state index in [-0.39, 0.29) is 0 Å². The van der Waals surface area contributed by atoms with E-state index >= 15 is 0 Å². The highest BCUT2D eigenvalue weighted by Crippen LogP contribution is 2.19. The van der Waals surface area contributed by atoms with Crippen LogP contribution in [0.5, 0.6) is 0 Å². The first kappa shape index (κ1) is 11.7. The van der Waals surface area contributed by atoms with E-state index in [1.807, 2.05) is 0 Å². The molecule has 0 aromatic heterocycles. The number of hydrogen-bond donors (Lipinski definition) is 1. The van der Waals surface area contributed by atoms with Gasteiger partial charge in [-0.2, -0.15) is 0 Å². The average Bonchev–Trinajstić information content (AvgIpc) is 2.50. The predicted octanol–water partition coefficient (Wildman–Crippen LogP) is 2.36. The van der Waals surface area contributed by atoms with Crippen LogP contribution in [-0.4, -0.2) is 25.3 Å². The molecule has 1 aliphatic heterocycles. The highest BCUT2D eigenvalue weighted by atomic mass is 16.5. The van der Waals surface area contributed by atoms with E-state index in [0.717, 1.165) is 19.0 Å². The third-order valence-electron chi connectivity index (χ3n) is 2.43. The Morgan fingerprint density at radius 1 is 1.43 bits per heavy atom.